The maximum atomic E-state index is 6.30. The highest BCUT2D eigenvalue weighted by Gasteiger charge is 2.52. The van der Waals surface area contributed by atoms with E-state index < -0.39 is 26.7 Å². The molecule has 0 amide bonds. The summed E-state index contributed by atoms with van der Waals surface area (Å²) < 4.78 is 69.0. The van der Waals surface area contributed by atoms with Crippen molar-refractivity contribution in [3.05, 3.63) is 0 Å². The minimum atomic E-state index is -3.35. The zero-order chi connectivity index (χ0) is 27.2. The van der Waals surface area contributed by atoms with Crippen molar-refractivity contribution in [2.45, 2.75) is 37.1 Å². The summed E-state index contributed by atoms with van der Waals surface area (Å²) >= 11 is 0. The third-order valence-electron chi connectivity index (χ3n) is 6.50. The van der Waals surface area contributed by atoms with Gasteiger partial charge in [0.1, 0.15) is 0 Å². The van der Waals surface area contributed by atoms with Gasteiger partial charge in [0.2, 0.25) is 0 Å². The maximum Gasteiger partial charge on any atom is 0.680 e. The van der Waals surface area contributed by atoms with Crippen LogP contribution in [0, 0.1) is 0 Å². The van der Waals surface area contributed by atoms with Gasteiger partial charge < -0.3 is 53.7 Å². The molecule has 220 valence electrons. The molecule has 3 rings (SSSR count). The second-order valence-electron chi connectivity index (χ2n) is 8.74. The standard InChI is InChI=1S/C21H47NO12Si3/c1-23-35(24-2,25-3)14-8-11-30-18-20-16-22-10-13-32-37(29-7,33-20)34-21(17-22)19-31-12-9-15-36(26-4,27-5)28-6/h20-21H,8-19H2,1-7H3. The predicted octanol–water partition coefficient (Wildman–Crippen LogP) is 0.754. The molecule has 0 aromatic carbocycles. The lowest BCUT2D eigenvalue weighted by atomic mass is 10.2. The van der Waals surface area contributed by atoms with E-state index in [0.717, 1.165) is 19.4 Å². The molecule has 3 aliphatic heterocycles. The van der Waals surface area contributed by atoms with Crippen molar-refractivity contribution >= 4 is 26.7 Å². The summed E-state index contributed by atoms with van der Waals surface area (Å²) in [7, 11) is 2.68. The van der Waals surface area contributed by atoms with E-state index in [-0.39, 0.29) is 12.2 Å². The predicted molar refractivity (Wildman–Crippen MR) is 139 cm³/mol. The van der Waals surface area contributed by atoms with Crippen LogP contribution in [0.2, 0.25) is 12.1 Å². The first-order chi connectivity index (χ1) is 17.9. The molecule has 2 unspecified atom stereocenters. The summed E-state index contributed by atoms with van der Waals surface area (Å²) in [5.41, 5.74) is 0. The first-order valence-electron chi connectivity index (χ1n) is 12.6. The third-order valence-corrected chi connectivity index (χ3v) is 14.5. The first-order valence-corrected chi connectivity index (χ1v) is 18.1. The highest BCUT2D eigenvalue weighted by molar-refractivity contribution is 6.60. The normalized spacial score (nSPS) is 27.2. The Morgan fingerprint density at radius 2 is 1.14 bits per heavy atom. The van der Waals surface area contributed by atoms with Gasteiger partial charge in [0.25, 0.3) is 0 Å². The van der Waals surface area contributed by atoms with E-state index in [4.69, 9.17) is 53.7 Å². The van der Waals surface area contributed by atoms with Gasteiger partial charge in [-0.2, -0.15) is 0 Å². The van der Waals surface area contributed by atoms with Gasteiger partial charge in [-0.25, -0.2) is 0 Å². The van der Waals surface area contributed by atoms with Crippen LogP contribution in [0.15, 0.2) is 0 Å². The Hall–Kier alpha value is 0.131. The average Bonchev–Trinajstić information content (AvgIpc) is 2.90. The zero-order valence-corrected chi connectivity index (χ0v) is 26.5. The lowest BCUT2D eigenvalue weighted by Crippen LogP contribution is -2.63. The van der Waals surface area contributed by atoms with Crippen LogP contribution in [0.1, 0.15) is 12.8 Å². The van der Waals surface area contributed by atoms with Crippen LogP contribution < -0.4 is 0 Å². The van der Waals surface area contributed by atoms with Crippen LogP contribution in [-0.2, 0) is 53.7 Å². The molecule has 0 aromatic heterocycles. The van der Waals surface area contributed by atoms with Gasteiger partial charge in [-0.15, -0.1) is 0 Å². The van der Waals surface area contributed by atoms with Gasteiger partial charge in [-0.05, 0) is 12.8 Å². The van der Waals surface area contributed by atoms with Crippen molar-refractivity contribution in [1.29, 1.82) is 0 Å². The largest absolute Gasteiger partial charge is 0.680 e. The summed E-state index contributed by atoms with van der Waals surface area (Å²) in [5.74, 6) is 0. The van der Waals surface area contributed by atoms with Gasteiger partial charge in [-0.1, -0.05) is 0 Å². The first kappa shape index (κ1) is 33.3. The molecular weight excluding hydrogens is 542 g/mol. The minimum Gasteiger partial charge on any atom is -0.379 e. The van der Waals surface area contributed by atoms with E-state index in [2.05, 4.69) is 4.90 Å². The number of ether oxygens (including phenoxy) is 2. The summed E-state index contributed by atoms with van der Waals surface area (Å²) in [5, 5.41) is 0. The third kappa shape index (κ3) is 10.2. The molecule has 0 saturated carbocycles. The summed E-state index contributed by atoms with van der Waals surface area (Å²) in [6.07, 6.45) is 1.02. The molecule has 37 heavy (non-hydrogen) atoms. The van der Waals surface area contributed by atoms with Crippen molar-refractivity contribution in [2.75, 3.05) is 102 Å². The van der Waals surface area contributed by atoms with Crippen molar-refractivity contribution in [1.82, 2.24) is 4.90 Å². The highest BCUT2D eigenvalue weighted by Crippen LogP contribution is 2.24. The molecular formula is C21H47NO12Si3. The Balaban J connectivity index is 1.82. The van der Waals surface area contributed by atoms with Crippen molar-refractivity contribution < 1.29 is 53.7 Å². The molecule has 3 heterocycles. The number of rotatable bonds is 19. The molecule has 16 heteroatoms. The summed E-state index contributed by atoms with van der Waals surface area (Å²) in [4.78, 5) is 2.26. The van der Waals surface area contributed by atoms with Gasteiger partial charge in [0.15, 0.2) is 0 Å². The van der Waals surface area contributed by atoms with Crippen LogP contribution in [0.3, 0.4) is 0 Å². The fourth-order valence-electron chi connectivity index (χ4n) is 4.36. The Morgan fingerprint density at radius 1 is 0.703 bits per heavy atom. The quantitative estimate of drug-likeness (QED) is 0.156. The van der Waals surface area contributed by atoms with Crippen LogP contribution in [-0.4, -0.2) is 146 Å². The molecule has 0 aromatic rings. The SMILES string of the molecule is CO[Si](CCCOCC1CN2CCO[Si](OC)(O1)OC(COCCC[Si](OC)(OC)OC)C2)(OC)OC. The number of hydrogen-bond donors (Lipinski definition) is 0. The molecule has 3 aliphatic rings. The highest BCUT2D eigenvalue weighted by atomic mass is 28.4. The lowest BCUT2D eigenvalue weighted by Gasteiger charge is -2.42. The van der Waals surface area contributed by atoms with Crippen LogP contribution in [0.4, 0.5) is 0 Å². The number of hydrogen-bond acceptors (Lipinski definition) is 13. The van der Waals surface area contributed by atoms with Crippen LogP contribution >= 0.6 is 0 Å². The van der Waals surface area contributed by atoms with Crippen molar-refractivity contribution in [3.8, 4) is 0 Å². The van der Waals surface area contributed by atoms with Crippen molar-refractivity contribution in [3.63, 3.8) is 0 Å². The number of nitrogens with zero attached hydrogens (tertiary/aromatic N) is 1. The van der Waals surface area contributed by atoms with Crippen LogP contribution in [0.25, 0.3) is 0 Å². The molecule has 2 atom stereocenters. The van der Waals surface area contributed by atoms with Gasteiger partial charge in [-0.3, -0.25) is 4.90 Å². The molecule has 0 aliphatic carbocycles. The van der Waals surface area contributed by atoms with E-state index in [1.54, 1.807) is 49.8 Å². The van der Waals surface area contributed by atoms with E-state index in [9.17, 15) is 0 Å². The van der Waals surface area contributed by atoms with Gasteiger partial charge in [0, 0.05) is 94.7 Å². The van der Waals surface area contributed by atoms with E-state index in [1.807, 2.05) is 0 Å². The molecule has 2 bridgehead atoms. The Kier molecular flexibility index (Phi) is 15.4. The molecule has 3 fully saturated rings. The van der Waals surface area contributed by atoms with E-state index in [0.29, 0.717) is 58.2 Å². The Morgan fingerprint density at radius 3 is 1.51 bits per heavy atom. The average molecular weight is 590 g/mol. The molecule has 0 radical (unpaired) electrons. The Labute approximate surface area is 225 Å². The molecule has 0 spiro atoms. The van der Waals surface area contributed by atoms with Crippen LogP contribution in [0.5, 0.6) is 0 Å². The second-order valence-corrected chi connectivity index (χ2v) is 17.1. The molecule has 0 N–H and O–H groups in total. The second kappa shape index (κ2) is 17.1. The summed E-state index contributed by atoms with van der Waals surface area (Å²) in [6.45, 7) is 4.48. The lowest BCUT2D eigenvalue weighted by molar-refractivity contribution is -0.136. The fourth-order valence-corrected chi connectivity index (χ4v) is 9.69. The maximum absolute atomic E-state index is 6.30. The molecule has 13 nitrogen and oxygen atoms in total. The van der Waals surface area contributed by atoms with E-state index >= 15 is 0 Å². The number of fused-ring (bicyclic) bond motifs is 6. The smallest absolute Gasteiger partial charge is 0.379 e. The molecule has 3 saturated heterocycles. The van der Waals surface area contributed by atoms with Crippen molar-refractivity contribution in [2.24, 2.45) is 0 Å². The van der Waals surface area contributed by atoms with Gasteiger partial charge in [0.05, 0.1) is 32.0 Å². The van der Waals surface area contributed by atoms with Gasteiger partial charge >= 0.3 is 26.7 Å². The monoisotopic (exact) mass is 589 g/mol. The Bertz CT molecular complexity index is 559. The van der Waals surface area contributed by atoms with E-state index in [1.165, 1.54) is 0 Å². The fraction of sp³-hybridized carbons (Fsp3) is 1.00. The summed E-state index contributed by atoms with van der Waals surface area (Å²) in [6, 6.07) is 1.34. The topological polar surface area (TPSA) is 114 Å². The zero-order valence-electron chi connectivity index (χ0n) is 23.5. The minimum absolute atomic E-state index is 0.238.